The molecular formula is C54H87N3O9. The number of ketones is 1. The molecular weight excluding hydrogens is 835 g/mol. The fourth-order valence-corrected chi connectivity index (χ4v) is 15.9. The summed E-state index contributed by atoms with van der Waals surface area (Å²) in [6.45, 7) is 13.1. The van der Waals surface area contributed by atoms with Gasteiger partial charge in [-0.3, -0.25) is 4.79 Å². The van der Waals surface area contributed by atoms with Crippen molar-refractivity contribution in [2.75, 3.05) is 19.8 Å². The fraction of sp³-hybridized carbons (Fsp3) is 0.833. The zero-order valence-electron chi connectivity index (χ0n) is 41.1. The summed E-state index contributed by atoms with van der Waals surface area (Å²) in [5.41, 5.74) is 4.59. The third-order valence-corrected chi connectivity index (χ3v) is 19.0. The second-order valence-electron chi connectivity index (χ2n) is 23.1. The maximum atomic E-state index is 15.5. The lowest BCUT2D eigenvalue weighted by Gasteiger charge is -2.64. The van der Waals surface area contributed by atoms with Crippen LogP contribution in [0.2, 0.25) is 0 Å². The predicted octanol–water partition coefficient (Wildman–Crippen LogP) is 6.08. The first-order chi connectivity index (χ1) is 31.4. The lowest BCUT2D eigenvalue weighted by Crippen LogP contribution is -2.67. The van der Waals surface area contributed by atoms with E-state index in [9.17, 15) is 30.6 Å². The van der Waals surface area contributed by atoms with Gasteiger partial charge in [0.15, 0.2) is 5.78 Å². The first-order valence-electron chi connectivity index (χ1n) is 26.5. The maximum Gasteiger partial charge on any atom is 0.182 e. The van der Waals surface area contributed by atoms with Crippen molar-refractivity contribution in [1.82, 2.24) is 10.6 Å². The molecule has 1 unspecified atom stereocenters. The molecule has 0 aromatic carbocycles. The minimum absolute atomic E-state index is 0.0300. The number of nitrogens with two attached hydrogens (primary N) is 1. The molecule has 8 rings (SSSR count). The van der Waals surface area contributed by atoms with E-state index in [1.165, 1.54) is 19.3 Å². The van der Waals surface area contributed by atoms with Gasteiger partial charge >= 0.3 is 0 Å². The summed E-state index contributed by atoms with van der Waals surface area (Å²) in [7, 11) is 0. The molecule has 4 saturated carbocycles. The first-order valence-corrected chi connectivity index (χ1v) is 26.5. The number of fused-ring (bicyclic) bond motifs is 3. The van der Waals surface area contributed by atoms with Crippen LogP contribution in [0.3, 0.4) is 0 Å². The smallest absolute Gasteiger partial charge is 0.182 e. The molecule has 6 aliphatic carbocycles. The lowest BCUT2D eigenvalue weighted by molar-refractivity contribution is -0.217. The highest BCUT2D eigenvalue weighted by Gasteiger charge is 2.74. The topological polar surface area (TPSA) is 207 Å². The van der Waals surface area contributed by atoms with Crippen LogP contribution in [0.4, 0.5) is 0 Å². The zero-order valence-corrected chi connectivity index (χ0v) is 41.1. The SMILES string of the molecule is CCCCCO[C@H]([C@@H]1O[C@@H]2CC[C@@H](CCC)CC[C@H]2[C@@H]1C)[C@](C)(O)[C@H]1CC[C@@]2(O)C3=C(NC[C@H](C)O)C(=O)[C@@H]4C[C@@H](O)[C@@H](O)C[C@@]45C[C@H](C4=C(CCCO)NC(N)C=C4)C=C[C@H](C[C@]12C)[C@@H]35. The Morgan fingerprint density at radius 1 is 1.03 bits per heavy atom. The Balaban J connectivity index is 1.24. The lowest BCUT2D eigenvalue weighted by atomic mass is 9.41. The van der Waals surface area contributed by atoms with Crippen LogP contribution in [0.25, 0.3) is 0 Å². The van der Waals surface area contributed by atoms with Crippen molar-refractivity contribution in [3.8, 4) is 0 Å². The molecule has 372 valence electrons. The molecule has 19 atom stereocenters. The van der Waals surface area contributed by atoms with Crippen molar-refractivity contribution >= 4 is 5.78 Å². The highest BCUT2D eigenvalue weighted by molar-refractivity contribution is 6.00. The minimum Gasteiger partial charge on any atom is -0.396 e. The first kappa shape index (κ1) is 50.3. The summed E-state index contributed by atoms with van der Waals surface area (Å²) in [6, 6.07) is 0. The largest absolute Gasteiger partial charge is 0.396 e. The van der Waals surface area contributed by atoms with Crippen molar-refractivity contribution in [2.24, 2.45) is 63.9 Å². The summed E-state index contributed by atoms with van der Waals surface area (Å²) in [6.07, 6.45) is 17.6. The number of hydrogen-bond acceptors (Lipinski definition) is 12. The van der Waals surface area contributed by atoms with Gasteiger partial charge < -0.3 is 56.5 Å². The second kappa shape index (κ2) is 19.9. The number of allylic oxidation sites excluding steroid dienone is 6. The molecule has 0 aromatic rings. The van der Waals surface area contributed by atoms with E-state index >= 15 is 4.79 Å². The monoisotopic (exact) mass is 922 g/mol. The van der Waals surface area contributed by atoms with Crippen LogP contribution < -0.4 is 16.4 Å². The Labute approximate surface area is 395 Å². The Hall–Kier alpha value is -2.13. The summed E-state index contributed by atoms with van der Waals surface area (Å²) in [5.74, 6) is -0.771. The van der Waals surface area contributed by atoms with E-state index in [4.69, 9.17) is 15.2 Å². The van der Waals surface area contributed by atoms with Gasteiger partial charge in [-0.2, -0.15) is 0 Å². The van der Waals surface area contributed by atoms with Gasteiger partial charge in [-0.1, -0.05) is 78.0 Å². The summed E-state index contributed by atoms with van der Waals surface area (Å²) in [5, 5.41) is 78.1. The van der Waals surface area contributed by atoms with E-state index in [-0.39, 0.29) is 73.8 Å². The van der Waals surface area contributed by atoms with Gasteiger partial charge in [0.2, 0.25) is 0 Å². The summed E-state index contributed by atoms with van der Waals surface area (Å²) in [4.78, 5) is 15.5. The molecule has 10 N–H and O–H groups in total. The molecule has 5 fully saturated rings. The van der Waals surface area contributed by atoms with Gasteiger partial charge in [-0.15, -0.1) is 0 Å². The number of unbranched alkanes of at least 4 members (excludes halogenated alkanes) is 2. The molecule has 0 bridgehead atoms. The van der Waals surface area contributed by atoms with Crippen LogP contribution in [0.1, 0.15) is 151 Å². The Kier molecular flexibility index (Phi) is 15.2. The van der Waals surface area contributed by atoms with Gasteiger partial charge in [0.25, 0.3) is 0 Å². The maximum absolute atomic E-state index is 15.5. The molecule has 0 aromatic heterocycles. The number of dihydropyridines is 1. The Morgan fingerprint density at radius 3 is 2.53 bits per heavy atom. The number of Topliss-reactive ketones (excluding diaryl/α,β-unsaturated/α-hetero) is 1. The molecule has 0 amide bonds. The number of hydrogen-bond donors (Lipinski definition) is 9. The molecule has 2 heterocycles. The van der Waals surface area contributed by atoms with E-state index < -0.39 is 58.3 Å². The quantitative estimate of drug-likeness (QED) is 0.0602. The highest BCUT2D eigenvalue weighted by atomic mass is 16.6. The third kappa shape index (κ3) is 8.75. The molecule has 0 radical (unpaired) electrons. The van der Waals surface area contributed by atoms with Crippen LogP contribution in [-0.2, 0) is 14.3 Å². The third-order valence-electron chi connectivity index (χ3n) is 19.0. The molecule has 1 spiro atoms. The van der Waals surface area contributed by atoms with Crippen molar-refractivity contribution in [3.05, 3.63) is 46.8 Å². The van der Waals surface area contributed by atoms with Crippen molar-refractivity contribution < 1.29 is 44.9 Å². The van der Waals surface area contributed by atoms with Crippen molar-refractivity contribution in [2.45, 2.75) is 205 Å². The molecule has 1 saturated heterocycles. The van der Waals surface area contributed by atoms with Gasteiger partial charge in [0.05, 0.1) is 53.6 Å². The summed E-state index contributed by atoms with van der Waals surface area (Å²) < 4.78 is 14.1. The van der Waals surface area contributed by atoms with Crippen LogP contribution in [0.15, 0.2) is 46.8 Å². The van der Waals surface area contributed by atoms with E-state index in [1.807, 2.05) is 13.0 Å². The normalized spacial score (nSPS) is 43.8. The van der Waals surface area contributed by atoms with Crippen LogP contribution in [0.5, 0.6) is 0 Å². The van der Waals surface area contributed by atoms with Crippen LogP contribution >= 0.6 is 0 Å². The summed E-state index contributed by atoms with van der Waals surface area (Å²) >= 11 is 0. The standard InChI is InChI=1S/C54H87N3O9/c1-7-9-10-25-65-50(49-32(4)36-18-14-33(12-8-2)15-20-42(36)66-49)52(6,63)43-22-23-54(64)46-45-35(27-51(43,54)5)17-16-34(37-19-21-44(55)57-39(37)13-11-24-58)28-53(45)29-41(61)40(60)26-38(53)48(62)47(46)56-30-31(3)59/h16-17,19,21,31-36,38,40-45,49-50,56-61,63-64H,7-15,18,20,22-30,55H2,1-6H3/t31-,32-,33-,34+,35+,36-,38-,40+,41-,42+,43-,44?,45-,49+,50+,51+,52+,53-,54+/m0/s1. The predicted molar refractivity (Wildman–Crippen MR) is 255 cm³/mol. The number of aliphatic hydroxyl groups is 6. The van der Waals surface area contributed by atoms with E-state index in [1.54, 1.807) is 6.92 Å². The Bertz CT molecular complexity index is 1860. The van der Waals surface area contributed by atoms with E-state index in [0.29, 0.717) is 62.3 Å². The van der Waals surface area contributed by atoms with E-state index in [2.05, 4.69) is 56.6 Å². The zero-order chi connectivity index (χ0) is 47.3. The average Bonchev–Trinajstić information content (AvgIpc) is 3.56. The molecule has 12 heteroatoms. The number of carbonyl (C=O) groups excluding carboxylic acids is 1. The molecule has 8 aliphatic rings. The number of aliphatic hydroxyl groups excluding tert-OH is 4. The molecule has 2 aliphatic heterocycles. The number of carbonyl (C=O) groups is 1. The second-order valence-corrected chi connectivity index (χ2v) is 23.1. The van der Waals surface area contributed by atoms with Crippen molar-refractivity contribution in [1.29, 1.82) is 0 Å². The van der Waals surface area contributed by atoms with Crippen molar-refractivity contribution in [3.63, 3.8) is 0 Å². The van der Waals surface area contributed by atoms with Crippen LogP contribution in [-0.4, -0.2) is 110 Å². The van der Waals surface area contributed by atoms with Gasteiger partial charge in [0, 0.05) is 42.7 Å². The van der Waals surface area contributed by atoms with Gasteiger partial charge in [-0.25, -0.2) is 0 Å². The number of ether oxygens (including phenoxy) is 2. The number of nitrogens with one attached hydrogen (secondary N) is 2. The fourth-order valence-electron chi connectivity index (χ4n) is 15.9. The Morgan fingerprint density at radius 2 is 1.80 bits per heavy atom. The van der Waals surface area contributed by atoms with Gasteiger partial charge in [-0.05, 0) is 149 Å². The molecule has 66 heavy (non-hydrogen) atoms. The molecule has 12 nitrogen and oxygen atoms in total. The van der Waals surface area contributed by atoms with E-state index in [0.717, 1.165) is 55.7 Å². The average molecular weight is 922 g/mol. The minimum atomic E-state index is -1.54. The van der Waals surface area contributed by atoms with Crippen LogP contribution in [0, 0.1) is 58.2 Å². The highest BCUT2D eigenvalue weighted by Crippen LogP contribution is 2.73. The van der Waals surface area contributed by atoms with Gasteiger partial charge in [0.1, 0.15) is 6.10 Å². The number of rotatable bonds is 17.